The molecule has 97 valence electrons. The Labute approximate surface area is 106 Å². The molecule has 1 aromatic rings. The van der Waals surface area contributed by atoms with Crippen molar-refractivity contribution in [1.82, 2.24) is 5.32 Å². The number of amides is 1. The Bertz CT molecular complexity index is 440. The number of nitrogens with one attached hydrogen (secondary N) is 1. The highest BCUT2D eigenvalue weighted by molar-refractivity contribution is 5.92. The van der Waals surface area contributed by atoms with Crippen molar-refractivity contribution in [2.45, 2.75) is 13.8 Å². The number of carbonyl (C=O) groups excluding carboxylic acids is 2. The highest BCUT2D eigenvalue weighted by atomic mass is 16.4. The van der Waals surface area contributed by atoms with Gasteiger partial charge in [-0.2, -0.15) is 0 Å². The first-order valence-electron chi connectivity index (χ1n) is 5.33. The molecular weight excluding hydrogens is 234 g/mol. The van der Waals surface area contributed by atoms with Crippen molar-refractivity contribution in [3.63, 3.8) is 0 Å². The van der Waals surface area contributed by atoms with Gasteiger partial charge in [0.2, 0.25) is 5.91 Å². The van der Waals surface area contributed by atoms with Gasteiger partial charge in [-0.25, -0.2) is 9.90 Å². The molecule has 1 aromatic carbocycles. The molecule has 0 heterocycles. The van der Waals surface area contributed by atoms with Gasteiger partial charge in [0.15, 0.2) is 0 Å². The third kappa shape index (κ3) is 5.69. The third-order valence-electron chi connectivity index (χ3n) is 1.85. The SMILES string of the molecule is C=C(C)C(=O)NCC.[O]C(=O)c1ccccc1O. The van der Waals surface area contributed by atoms with Crippen LogP contribution in [-0.4, -0.2) is 23.5 Å². The highest BCUT2D eigenvalue weighted by Gasteiger charge is 2.08. The summed E-state index contributed by atoms with van der Waals surface area (Å²) in [5.41, 5.74) is 0.384. The Morgan fingerprint density at radius 2 is 1.89 bits per heavy atom. The Morgan fingerprint density at radius 1 is 1.33 bits per heavy atom. The lowest BCUT2D eigenvalue weighted by Crippen LogP contribution is -2.22. The molecule has 1 radical (unpaired) electrons. The van der Waals surface area contributed by atoms with Crippen molar-refractivity contribution in [3.8, 4) is 5.75 Å². The number of para-hydroxylation sites is 1. The average Bonchev–Trinajstić information content (AvgIpc) is 2.30. The summed E-state index contributed by atoms with van der Waals surface area (Å²) in [5, 5.41) is 21.6. The summed E-state index contributed by atoms with van der Waals surface area (Å²) in [5.74, 6) is -1.69. The number of likely N-dealkylation sites (N-methyl/N-ethyl adjacent to an activating group) is 1. The Balaban J connectivity index is 0.000000331. The second-order valence-electron chi connectivity index (χ2n) is 3.44. The quantitative estimate of drug-likeness (QED) is 0.800. The summed E-state index contributed by atoms with van der Waals surface area (Å²) in [4.78, 5) is 20.7. The summed E-state index contributed by atoms with van der Waals surface area (Å²) in [6, 6.07) is 5.64. The molecule has 18 heavy (non-hydrogen) atoms. The smallest absolute Gasteiger partial charge is 0.390 e. The van der Waals surface area contributed by atoms with Crippen molar-refractivity contribution in [1.29, 1.82) is 0 Å². The highest BCUT2D eigenvalue weighted by Crippen LogP contribution is 2.14. The molecule has 1 amide bonds. The van der Waals surface area contributed by atoms with Gasteiger partial charge in [0, 0.05) is 12.1 Å². The number of carbonyl (C=O) groups is 2. The largest absolute Gasteiger partial charge is 0.507 e. The molecule has 2 N–H and O–H groups in total. The van der Waals surface area contributed by atoms with E-state index in [9.17, 15) is 14.7 Å². The van der Waals surface area contributed by atoms with E-state index in [4.69, 9.17) is 5.11 Å². The molecule has 0 aliphatic rings. The number of benzene rings is 1. The van der Waals surface area contributed by atoms with Gasteiger partial charge in [-0.3, -0.25) is 4.79 Å². The van der Waals surface area contributed by atoms with Crippen LogP contribution in [0.4, 0.5) is 0 Å². The average molecular weight is 250 g/mol. The Morgan fingerprint density at radius 3 is 2.17 bits per heavy atom. The molecule has 1 rings (SSSR count). The summed E-state index contributed by atoms with van der Waals surface area (Å²) < 4.78 is 0. The van der Waals surface area contributed by atoms with E-state index < -0.39 is 5.97 Å². The fraction of sp³-hybridized carbons (Fsp3) is 0.231. The van der Waals surface area contributed by atoms with E-state index in [1.54, 1.807) is 13.0 Å². The fourth-order valence-corrected chi connectivity index (χ4v) is 0.958. The van der Waals surface area contributed by atoms with Crippen LogP contribution in [0.25, 0.3) is 0 Å². The van der Waals surface area contributed by atoms with Gasteiger partial charge in [-0.1, -0.05) is 18.7 Å². The first-order chi connectivity index (χ1) is 8.40. The minimum absolute atomic E-state index is 0.0625. The van der Waals surface area contributed by atoms with Gasteiger partial charge in [0.1, 0.15) is 11.3 Å². The molecule has 0 saturated carbocycles. The molecular formula is C13H16NO4. The van der Waals surface area contributed by atoms with Crippen molar-refractivity contribution in [2.24, 2.45) is 0 Å². The maximum Gasteiger partial charge on any atom is 0.390 e. The van der Waals surface area contributed by atoms with Gasteiger partial charge in [-0.05, 0) is 26.0 Å². The van der Waals surface area contributed by atoms with E-state index in [1.807, 2.05) is 6.92 Å². The normalized spacial score (nSPS) is 8.78. The minimum atomic E-state index is -1.36. The number of hydrogen-bond donors (Lipinski definition) is 2. The van der Waals surface area contributed by atoms with E-state index in [0.717, 1.165) is 0 Å². The molecule has 5 heteroatoms. The van der Waals surface area contributed by atoms with Gasteiger partial charge >= 0.3 is 5.97 Å². The van der Waals surface area contributed by atoms with Crippen LogP contribution in [-0.2, 0) is 9.90 Å². The molecule has 0 aliphatic heterocycles. The molecule has 0 spiro atoms. The number of hydrogen-bond acceptors (Lipinski definition) is 3. The Kier molecular flexibility index (Phi) is 6.88. The van der Waals surface area contributed by atoms with Crippen LogP contribution in [0.3, 0.4) is 0 Å². The maximum absolute atomic E-state index is 10.5. The molecule has 0 atom stereocenters. The minimum Gasteiger partial charge on any atom is -0.507 e. The maximum atomic E-state index is 10.5. The van der Waals surface area contributed by atoms with Gasteiger partial charge < -0.3 is 10.4 Å². The summed E-state index contributed by atoms with van der Waals surface area (Å²) in [6.07, 6.45) is 0. The molecule has 0 aromatic heterocycles. The lowest BCUT2D eigenvalue weighted by atomic mass is 10.2. The van der Waals surface area contributed by atoms with Gasteiger partial charge in [0.25, 0.3) is 0 Å². The van der Waals surface area contributed by atoms with E-state index >= 15 is 0 Å². The van der Waals surface area contributed by atoms with Crippen molar-refractivity contribution >= 4 is 11.9 Å². The lowest BCUT2D eigenvalue weighted by molar-refractivity contribution is -0.117. The predicted molar refractivity (Wildman–Crippen MR) is 66.6 cm³/mol. The zero-order valence-corrected chi connectivity index (χ0v) is 10.4. The van der Waals surface area contributed by atoms with Crippen molar-refractivity contribution in [2.75, 3.05) is 6.54 Å². The van der Waals surface area contributed by atoms with Crippen LogP contribution in [0.15, 0.2) is 36.4 Å². The number of aromatic hydroxyl groups is 1. The van der Waals surface area contributed by atoms with Crippen LogP contribution < -0.4 is 5.32 Å². The van der Waals surface area contributed by atoms with E-state index in [-0.39, 0.29) is 17.2 Å². The predicted octanol–water partition coefficient (Wildman–Crippen LogP) is 1.66. The molecule has 0 bridgehead atoms. The lowest BCUT2D eigenvalue weighted by Gasteiger charge is -1.97. The zero-order valence-electron chi connectivity index (χ0n) is 10.4. The Hall–Kier alpha value is -2.30. The monoisotopic (exact) mass is 250 g/mol. The molecule has 0 aliphatic carbocycles. The van der Waals surface area contributed by atoms with E-state index in [1.165, 1.54) is 18.2 Å². The number of rotatable bonds is 3. The van der Waals surface area contributed by atoms with Crippen molar-refractivity contribution in [3.05, 3.63) is 42.0 Å². The van der Waals surface area contributed by atoms with Crippen LogP contribution in [0.5, 0.6) is 5.75 Å². The number of phenols is 1. The summed E-state index contributed by atoms with van der Waals surface area (Å²) >= 11 is 0. The second-order valence-corrected chi connectivity index (χ2v) is 3.44. The summed E-state index contributed by atoms with van der Waals surface area (Å²) in [6.45, 7) is 7.70. The zero-order chi connectivity index (χ0) is 14.1. The van der Waals surface area contributed by atoms with Crippen LogP contribution in [0.1, 0.15) is 24.2 Å². The van der Waals surface area contributed by atoms with Gasteiger partial charge in [-0.15, -0.1) is 0 Å². The second kappa shape index (κ2) is 7.89. The molecule has 0 fully saturated rings. The molecule has 0 unspecified atom stereocenters. The van der Waals surface area contributed by atoms with Crippen LogP contribution in [0, 0.1) is 0 Å². The standard InChI is InChI=1S/C7H5O3.C6H11NO/c8-6-4-2-1-3-5(6)7(9)10;1-4-7-6(8)5(2)3/h1-4,8H;2,4H2,1,3H3,(H,7,8). The first-order valence-corrected chi connectivity index (χ1v) is 5.33. The van der Waals surface area contributed by atoms with Gasteiger partial charge in [0.05, 0.1) is 0 Å². The molecule has 5 nitrogen and oxygen atoms in total. The first kappa shape index (κ1) is 15.7. The van der Waals surface area contributed by atoms with Crippen LogP contribution >= 0.6 is 0 Å². The van der Waals surface area contributed by atoms with Crippen molar-refractivity contribution < 1.29 is 19.8 Å². The fourth-order valence-electron chi connectivity index (χ4n) is 0.958. The molecule has 0 saturated heterocycles. The third-order valence-corrected chi connectivity index (χ3v) is 1.85. The van der Waals surface area contributed by atoms with E-state index in [0.29, 0.717) is 12.1 Å². The van der Waals surface area contributed by atoms with Crippen LogP contribution in [0.2, 0.25) is 0 Å². The van der Waals surface area contributed by atoms with E-state index in [2.05, 4.69) is 11.9 Å². The number of phenolic OH excluding ortho intramolecular Hbond substituents is 1. The summed E-state index contributed by atoms with van der Waals surface area (Å²) in [7, 11) is 0. The topological polar surface area (TPSA) is 86.3 Å².